The van der Waals surface area contributed by atoms with Crippen LogP contribution in [0.25, 0.3) is 0 Å². The lowest BCUT2D eigenvalue weighted by Gasteiger charge is -2.07. The highest BCUT2D eigenvalue weighted by molar-refractivity contribution is 9.10. The number of halogens is 1. The van der Waals surface area contributed by atoms with Crippen LogP contribution in [0.2, 0.25) is 0 Å². The van der Waals surface area contributed by atoms with E-state index < -0.39 is 0 Å². The third kappa shape index (κ3) is 1.98. The topological polar surface area (TPSA) is 26.3 Å². The van der Waals surface area contributed by atoms with Crippen molar-refractivity contribution in [3.8, 4) is 0 Å². The van der Waals surface area contributed by atoms with Crippen LogP contribution in [0.3, 0.4) is 0 Å². The van der Waals surface area contributed by atoms with Crippen LogP contribution < -0.4 is 0 Å². The van der Waals surface area contributed by atoms with Gasteiger partial charge in [-0.3, -0.25) is 4.79 Å². The summed E-state index contributed by atoms with van der Waals surface area (Å²) in [5, 5.41) is 0. The third-order valence-electron chi connectivity index (χ3n) is 2.10. The molecule has 13 heavy (non-hydrogen) atoms. The quantitative estimate of drug-likeness (QED) is 0.754. The molecule has 2 rings (SSSR count). The minimum atomic E-state index is -0.0272. The summed E-state index contributed by atoms with van der Waals surface area (Å²) in [7, 11) is 0. The van der Waals surface area contributed by atoms with E-state index in [1.807, 2.05) is 24.3 Å². The lowest BCUT2D eigenvalue weighted by Crippen LogP contribution is -1.94. The van der Waals surface area contributed by atoms with Gasteiger partial charge in [0.1, 0.15) is 6.61 Å². The van der Waals surface area contributed by atoms with Crippen LogP contribution in [0.15, 0.2) is 28.7 Å². The van der Waals surface area contributed by atoms with Gasteiger partial charge >= 0.3 is 0 Å². The van der Waals surface area contributed by atoms with Crippen LogP contribution in [-0.4, -0.2) is 12.4 Å². The minimum Gasteiger partial charge on any atom is -0.365 e. The number of hydrogen-bond acceptors (Lipinski definition) is 2. The third-order valence-corrected chi connectivity index (χ3v) is 2.63. The second-order valence-corrected chi connectivity index (χ2v) is 4.01. The second kappa shape index (κ2) is 3.60. The van der Waals surface area contributed by atoms with Crippen molar-refractivity contribution in [3.05, 3.63) is 34.3 Å². The predicted octanol–water partition coefficient (Wildman–Crippen LogP) is 2.48. The highest BCUT2D eigenvalue weighted by atomic mass is 79.9. The van der Waals surface area contributed by atoms with Crippen molar-refractivity contribution >= 4 is 21.7 Å². The molecular weight excluding hydrogens is 232 g/mol. The van der Waals surface area contributed by atoms with Gasteiger partial charge in [-0.25, -0.2) is 0 Å². The van der Waals surface area contributed by atoms with Crippen molar-refractivity contribution in [3.63, 3.8) is 0 Å². The monoisotopic (exact) mass is 240 g/mol. The Morgan fingerprint density at radius 1 is 1.31 bits per heavy atom. The Morgan fingerprint density at radius 3 is 2.54 bits per heavy atom. The molecule has 0 amide bonds. The van der Waals surface area contributed by atoms with Gasteiger partial charge in [-0.05, 0) is 17.7 Å². The zero-order valence-electron chi connectivity index (χ0n) is 7.00. The molecule has 0 bridgehead atoms. The van der Waals surface area contributed by atoms with E-state index in [2.05, 4.69) is 15.9 Å². The normalized spacial score (nSPS) is 22.2. The number of Topliss-reactive ketones (excluding diaryl/α,β-unsaturated/α-hetero) is 1. The first-order valence-corrected chi connectivity index (χ1v) is 4.94. The molecule has 1 atom stereocenters. The Morgan fingerprint density at radius 2 is 2.00 bits per heavy atom. The van der Waals surface area contributed by atoms with E-state index in [-0.39, 0.29) is 18.5 Å². The lowest BCUT2D eigenvalue weighted by atomic mass is 10.1. The van der Waals surface area contributed by atoms with Gasteiger partial charge in [-0.1, -0.05) is 28.1 Å². The Kier molecular flexibility index (Phi) is 2.47. The van der Waals surface area contributed by atoms with Crippen LogP contribution in [0.1, 0.15) is 18.1 Å². The van der Waals surface area contributed by atoms with Crippen molar-refractivity contribution in [1.82, 2.24) is 0 Å². The van der Waals surface area contributed by atoms with Gasteiger partial charge < -0.3 is 4.74 Å². The van der Waals surface area contributed by atoms with Crippen LogP contribution in [0.5, 0.6) is 0 Å². The first-order chi connectivity index (χ1) is 6.25. The largest absolute Gasteiger partial charge is 0.365 e. The molecule has 1 aliphatic rings. The van der Waals surface area contributed by atoms with Gasteiger partial charge in [0.25, 0.3) is 0 Å². The SMILES string of the molecule is O=C1COC(c2ccc(Br)cc2)C1. The molecule has 1 aromatic rings. The lowest BCUT2D eigenvalue weighted by molar-refractivity contribution is -0.117. The zero-order chi connectivity index (χ0) is 9.26. The standard InChI is InChI=1S/C10H9BrO2/c11-8-3-1-7(2-4-8)10-5-9(12)6-13-10/h1-4,10H,5-6H2. The Bertz CT molecular complexity index is 318. The molecule has 1 heterocycles. The average molecular weight is 241 g/mol. The van der Waals surface area contributed by atoms with Crippen molar-refractivity contribution in [2.75, 3.05) is 6.61 Å². The molecule has 0 saturated carbocycles. The highest BCUT2D eigenvalue weighted by Gasteiger charge is 2.23. The van der Waals surface area contributed by atoms with Gasteiger partial charge in [0.05, 0.1) is 6.10 Å². The maximum absolute atomic E-state index is 11.0. The van der Waals surface area contributed by atoms with E-state index in [1.54, 1.807) is 0 Å². The van der Waals surface area contributed by atoms with Crippen LogP contribution in [-0.2, 0) is 9.53 Å². The maximum Gasteiger partial charge on any atom is 0.161 e. The maximum atomic E-state index is 11.0. The Hall–Kier alpha value is -0.670. The summed E-state index contributed by atoms with van der Waals surface area (Å²) in [6.07, 6.45) is 0.488. The number of rotatable bonds is 1. The summed E-state index contributed by atoms with van der Waals surface area (Å²) in [5.41, 5.74) is 1.08. The fourth-order valence-corrected chi connectivity index (χ4v) is 1.67. The fourth-order valence-electron chi connectivity index (χ4n) is 1.41. The number of ether oxygens (including phenoxy) is 1. The molecule has 0 radical (unpaired) electrons. The molecule has 1 aliphatic heterocycles. The van der Waals surface area contributed by atoms with Crippen molar-refractivity contribution in [1.29, 1.82) is 0 Å². The van der Waals surface area contributed by atoms with E-state index in [4.69, 9.17) is 4.74 Å². The summed E-state index contributed by atoms with van der Waals surface area (Å²) in [6, 6.07) is 7.88. The highest BCUT2D eigenvalue weighted by Crippen LogP contribution is 2.27. The molecule has 0 N–H and O–H groups in total. The molecule has 1 saturated heterocycles. The average Bonchev–Trinajstić information content (AvgIpc) is 2.53. The fraction of sp³-hybridized carbons (Fsp3) is 0.300. The summed E-state index contributed by atoms with van der Waals surface area (Å²) in [6.45, 7) is 0.265. The molecule has 0 aromatic heterocycles. The van der Waals surface area contributed by atoms with Gasteiger partial charge in [0, 0.05) is 10.9 Å². The molecule has 0 spiro atoms. The van der Waals surface area contributed by atoms with Gasteiger partial charge in [-0.15, -0.1) is 0 Å². The summed E-state index contributed by atoms with van der Waals surface area (Å²) < 4.78 is 6.37. The zero-order valence-corrected chi connectivity index (χ0v) is 8.58. The summed E-state index contributed by atoms with van der Waals surface area (Å²) in [5.74, 6) is 0.188. The number of ketones is 1. The van der Waals surface area contributed by atoms with Gasteiger partial charge in [0.15, 0.2) is 5.78 Å². The smallest absolute Gasteiger partial charge is 0.161 e. The number of hydrogen-bond donors (Lipinski definition) is 0. The molecular formula is C10H9BrO2. The van der Waals surface area contributed by atoms with Crippen LogP contribution in [0.4, 0.5) is 0 Å². The van der Waals surface area contributed by atoms with Gasteiger partial charge in [0.2, 0.25) is 0 Å². The van der Waals surface area contributed by atoms with Crippen molar-refractivity contribution in [2.45, 2.75) is 12.5 Å². The molecule has 0 aliphatic carbocycles. The Labute approximate surface area is 85.0 Å². The van der Waals surface area contributed by atoms with E-state index in [0.29, 0.717) is 6.42 Å². The Balaban J connectivity index is 2.17. The van der Waals surface area contributed by atoms with Crippen LogP contribution in [0, 0.1) is 0 Å². The summed E-state index contributed by atoms with van der Waals surface area (Å²) >= 11 is 3.36. The van der Waals surface area contributed by atoms with E-state index in [0.717, 1.165) is 10.0 Å². The molecule has 68 valence electrons. The van der Waals surface area contributed by atoms with E-state index in [9.17, 15) is 4.79 Å². The molecule has 1 fully saturated rings. The molecule has 3 heteroatoms. The van der Waals surface area contributed by atoms with Crippen molar-refractivity contribution in [2.24, 2.45) is 0 Å². The molecule has 1 aromatic carbocycles. The first-order valence-electron chi connectivity index (χ1n) is 4.14. The number of benzene rings is 1. The number of carbonyl (C=O) groups excluding carboxylic acids is 1. The predicted molar refractivity (Wildman–Crippen MR) is 52.5 cm³/mol. The van der Waals surface area contributed by atoms with Gasteiger partial charge in [-0.2, -0.15) is 0 Å². The molecule has 1 unspecified atom stereocenters. The van der Waals surface area contributed by atoms with E-state index >= 15 is 0 Å². The number of carbonyl (C=O) groups is 1. The van der Waals surface area contributed by atoms with Crippen LogP contribution >= 0.6 is 15.9 Å². The van der Waals surface area contributed by atoms with E-state index in [1.165, 1.54) is 0 Å². The first kappa shape index (κ1) is 8.91. The second-order valence-electron chi connectivity index (χ2n) is 3.09. The molecule has 2 nitrogen and oxygen atoms in total. The summed E-state index contributed by atoms with van der Waals surface area (Å²) in [4.78, 5) is 11.0. The van der Waals surface area contributed by atoms with Crippen molar-refractivity contribution < 1.29 is 9.53 Å². The minimum absolute atomic E-state index is 0.0272.